The molecule has 0 N–H and O–H groups in total. The zero-order valence-electron chi connectivity index (χ0n) is 18.6. The molecule has 1 aliphatic heterocycles. The Bertz CT molecular complexity index is 1480. The van der Waals surface area contributed by atoms with Gasteiger partial charge in [-0.1, -0.05) is 110 Å². The molecule has 0 amide bonds. The molecule has 0 fully saturated rings. The molecule has 0 saturated heterocycles. The minimum atomic E-state index is -0.574. The summed E-state index contributed by atoms with van der Waals surface area (Å²) in [5.74, 6) is 0. The lowest BCUT2D eigenvalue weighted by molar-refractivity contribution is 0.730. The summed E-state index contributed by atoms with van der Waals surface area (Å²) in [6.45, 7) is 0. The Balaban J connectivity index is 1.80. The highest BCUT2D eigenvalue weighted by atomic mass is 79.9. The molecule has 0 aromatic heterocycles. The molecule has 1 aliphatic rings. The zero-order valence-corrected chi connectivity index (χ0v) is 22.6. The lowest BCUT2D eigenvalue weighted by Crippen LogP contribution is -2.37. The second-order valence-electron chi connectivity index (χ2n) is 8.62. The van der Waals surface area contributed by atoms with Crippen LogP contribution in [0, 0.1) is 0 Å². The van der Waals surface area contributed by atoms with Gasteiger partial charge in [-0.2, -0.15) is 0 Å². The van der Waals surface area contributed by atoms with Crippen LogP contribution in [0.25, 0.3) is 0 Å². The molecule has 35 heavy (non-hydrogen) atoms. The van der Waals surface area contributed by atoms with Gasteiger partial charge in [-0.3, -0.25) is 0 Å². The van der Waals surface area contributed by atoms with Crippen LogP contribution in [0.4, 0.5) is 17.1 Å². The van der Waals surface area contributed by atoms with E-state index < -0.39 is 5.41 Å². The Kier molecular flexibility index (Phi) is 5.80. The number of hydrogen-bond donors (Lipinski definition) is 0. The molecule has 0 radical (unpaired) electrons. The quantitative estimate of drug-likeness (QED) is 0.195. The molecule has 0 bridgehead atoms. The predicted octanol–water partition coefficient (Wildman–Crippen LogP) is 10.0. The Morgan fingerprint density at radius 2 is 1.11 bits per heavy atom. The van der Waals surface area contributed by atoms with Gasteiger partial charge in [0.15, 0.2) is 0 Å². The maximum Gasteiger partial charge on any atom is 0.0743 e. The lowest BCUT2D eigenvalue weighted by Gasteiger charge is -2.46. The summed E-state index contributed by atoms with van der Waals surface area (Å²) < 4.78 is 2.03. The van der Waals surface area contributed by atoms with E-state index in [2.05, 4.69) is 146 Å². The molecular formula is C31H20Br2ClN. The molecule has 4 heteroatoms. The Labute approximate surface area is 227 Å². The SMILES string of the molecule is Clc1cccc(C2(c3cc(Br)cc(Br)c3)c3ccccc3N(c3ccccc3)c3ccccc32)c1. The van der Waals surface area contributed by atoms with Gasteiger partial charge in [-0.05, 0) is 76.9 Å². The maximum atomic E-state index is 6.63. The Morgan fingerprint density at radius 1 is 0.543 bits per heavy atom. The van der Waals surface area contributed by atoms with Crippen molar-refractivity contribution in [3.05, 3.63) is 158 Å². The minimum Gasteiger partial charge on any atom is -0.310 e. The van der Waals surface area contributed by atoms with Crippen LogP contribution >= 0.6 is 43.5 Å². The number of fused-ring (bicyclic) bond motifs is 2. The van der Waals surface area contributed by atoms with E-state index in [4.69, 9.17) is 11.6 Å². The monoisotopic (exact) mass is 599 g/mol. The molecule has 0 aliphatic carbocycles. The molecule has 1 nitrogen and oxygen atoms in total. The second-order valence-corrected chi connectivity index (χ2v) is 10.9. The topological polar surface area (TPSA) is 3.24 Å². The first-order chi connectivity index (χ1) is 17.1. The fourth-order valence-electron chi connectivity index (χ4n) is 5.38. The van der Waals surface area contributed by atoms with Gasteiger partial charge in [-0.15, -0.1) is 0 Å². The van der Waals surface area contributed by atoms with Crippen LogP contribution in [0.3, 0.4) is 0 Å². The van der Waals surface area contributed by atoms with Crippen molar-refractivity contribution in [2.75, 3.05) is 4.90 Å². The van der Waals surface area contributed by atoms with E-state index in [9.17, 15) is 0 Å². The molecule has 0 spiro atoms. The fourth-order valence-corrected chi connectivity index (χ4v) is 6.87. The van der Waals surface area contributed by atoms with E-state index >= 15 is 0 Å². The summed E-state index contributed by atoms with van der Waals surface area (Å²) in [6.07, 6.45) is 0. The number of nitrogens with zero attached hydrogens (tertiary/aromatic N) is 1. The van der Waals surface area contributed by atoms with Crippen LogP contribution in [-0.2, 0) is 5.41 Å². The highest BCUT2D eigenvalue weighted by molar-refractivity contribution is 9.11. The fraction of sp³-hybridized carbons (Fsp3) is 0.0323. The smallest absolute Gasteiger partial charge is 0.0743 e. The van der Waals surface area contributed by atoms with E-state index in [1.165, 1.54) is 11.1 Å². The van der Waals surface area contributed by atoms with Crippen molar-refractivity contribution in [3.63, 3.8) is 0 Å². The van der Waals surface area contributed by atoms with Crippen LogP contribution < -0.4 is 4.90 Å². The molecule has 6 rings (SSSR count). The summed E-state index contributed by atoms with van der Waals surface area (Å²) in [7, 11) is 0. The molecule has 170 valence electrons. The summed E-state index contributed by atoms with van der Waals surface area (Å²) in [5, 5.41) is 0.719. The van der Waals surface area contributed by atoms with Gasteiger partial charge in [0.25, 0.3) is 0 Å². The average molecular weight is 602 g/mol. The zero-order chi connectivity index (χ0) is 24.0. The largest absolute Gasteiger partial charge is 0.310 e. The van der Waals surface area contributed by atoms with Gasteiger partial charge in [0, 0.05) is 19.7 Å². The van der Waals surface area contributed by atoms with Gasteiger partial charge < -0.3 is 4.90 Å². The molecular weight excluding hydrogens is 582 g/mol. The highest BCUT2D eigenvalue weighted by Gasteiger charge is 2.46. The normalized spacial score (nSPS) is 13.7. The predicted molar refractivity (Wildman–Crippen MR) is 153 cm³/mol. The summed E-state index contributed by atoms with van der Waals surface area (Å²) in [4.78, 5) is 2.36. The van der Waals surface area contributed by atoms with Crippen LogP contribution in [0.1, 0.15) is 22.3 Å². The van der Waals surface area contributed by atoms with Gasteiger partial charge in [0.05, 0.1) is 16.8 Å². The van der Waals surface area contributed by atoms with Gasteiger partial charge in [0.2, 0.25) is 0 Å². The lowest BCUT2D eigenvalue weighted by atomic mass is 9.62. The van der Waals surface area contributed by atoms with E-state index in [0.717, 1.165) is 42.2 Å². The summed E-state index contributed by atoms with van der Waals surface area (Å²) in [6, 6.07) is 42.7. The van der Waals surface area contributed by atoms with Crippen LogP contribution in [0.2, 0.25) is 5.02 Å². The van der Waals surface area contributed by atoms with Crippen molar-refractivity contribution < 1.29 is 0 Å². The maximum absolute atomic E-state index is 6.63. The van der Waals surface area contributed by atoms with E-state index in [-0.39, 0.29) is 0 Å². The number of rotatable bonds is 3. The van der Waals surface area contributed by atoms with Crippen LogP contribution in [-0.4, -0.2) is 0 Å². The molecule has 5 aromatic carbocycles. The first-order valence-corrected chi connectivity index (χ1v) is 13.3. The third-order valence-corrected chi connectivity index (χ3v) is 7.82. The van der Waals surface area contributed by atoms with E-state index in [1.807, 2.05) is 12.1 Å². The van der Waals surface area contributed by atoms with Crippen molar-refractivity contribution in [1.82, 2.24) is 0 Å². The molecule has 0 atom stereocenters. The van der Waals surface area contributed by atoms with Crippen LogP contribution in [0.5, 0.6) is 0 Å². The van der Waals surface area contributed by atoms with Gasteiger partial charge in [0.1, 0.15) is 0 Å². The molecule has 1 heterocycles. The first-order valence-electron chi connectivity index (χ1n) is 11.4. The Morgan fingerprint density at radius 3 is 1.71 bits per heavy atom. The van der Waals surface area contributed by atoms with Gasteiger partial charge >= 0.3 is 0 Å². The van der Waals surface area contributed by atoms with Crippen molar-refractivity contribution in [1.29, 1.82) is 0 Å². The first kappa shape index (κ1) is 22.6. The van der Waals surface area contributed by atoms with E-state index in [1.54, 1.807) is 0 Å². The average Bonchev–Trinajstić information content (AvgIpc) is 2.87. The molecule has 0 saturated carbocycles. The third-order valence-electron chi connectivity index (χ3n) is 6.67. The van der Waals surface area contributed by atoms with E-state index in [0.29, 0.717) is 0 Å². The third kappa shape index (κ3) is 3.65. The number of hydrogen-bond acceptors (Lipinski definition) is 1. The van der Waals surface area contributed by atoms with Gasteiger partial charge in [-0.25, -0.2) is 0 Å². The number of anilines is 3. The minimum absolute atomic E-state index is 0.574. The number of halogens is 3. The second kappa shape index (κ2) is 8.98. The van der Waals surface area contributed by atoms with Crippen molar-refractivity contribution >= 4 is 60.5 Å². The summed E-state index contributed by atoms with van der Waals surface area (Å²) >= 11 is 14.1. The summed E-state index contributed by atoms with van der Waals surface area (Å²) in [5.41, 5.74) is 7.54. The Hall–Kier alpha value is -2.85. The molecule has 0 unspecified atom stereocenters. The van der Waals surface area contributed by atoms with Crippen LogP contribution in [0.15, 0.2) is 130 Å². The highest BCUT2D eigenvalue weighted by Crippen LogP contribution is 2.58. The van der Waals surface area contributed by atoms with Crippen molar-refractivity contribution in [2.24, 2.45) is 0 Å². The number of para-hydroxylation sites is 3. The van der Waals surface area contributed by atoms with Crippen molar-refractivity contribution in [2.45, 2.75) is 5.41 Å². The number of benzene rings is 5. The molecule has 5 aromatic rings. The van der Waals surface area contributed by atoms with Crippen molar-refractivity contribution in [3.8, 4) is 0 Å². The standard InChI is InChI=1S/C31H20Br2ClN/c32-23-17-22(18-24(33)20-23)31(21-9-8-10-25(34)19-21)27-13-4-6-15-29(27)35(26-11-2-1-3-12-26)30-16-7-5-14-28(30)31/h1-20H.